The van der Waals surface area contributed by atoms with Crippen molar-refractivity contribution in [1.82, 2.24) is 4.90 Å². The largest absolute Gasteiger partial charge is 0.408 e. The molecular formula is C13H13ClF4N2O. The summed E-state index contributed by atoms with van der Waals surface area (Å²) in [6.07, 6.45) is -4.66. The molecule has 1 fully saturated rings. The summed E-state index contributed by atoms with van der Waals surface area (Å²) in [5, 5.41) is -0.484. The molecule has 1 aliphatic heterocycles. The number of nitrogens with two attached hydrogens (primary N) is 1. The maximum absolute atomic E-state index is 13.4. The molecule has 1 aliphatic rings. The Labute approximate surface area is 123 Å². The van der Waals surface area contributed by atoms with Crippen LogP contribution in [0.1, 0.15) is 23.2 Å². The highest BCUT2D eigenvalue weighted by atomic mass is 35.5. The van der Waals surface area contributed by atoms with Gasteiger partial charge in [-0.25, -0.2) is 4.39 Å². The van der Waals surface area contributed by atoms with Gasteiger partial charge in [0.05, 0.1) is 10.6 Å². The van der Waals surface area contributed by atoms with Crippen molar-refractivity contribution in [2.24, 2.45) is 5.73 Å². The van der Waals surface area contributed by atoms with Gasteiger partial charge in [0.2, 0.25) is 0 Å². The molecule has 2 N–H and O–H groups in total. The third kappa shape index (κ3) is 3.29. The summed E-state index contributed by atoms with van der Waals surface area (Å²) in [6, 6.07) is 0.980. The number of likely N-dealkylation sites (tertiary alicyclic amines) is 1. The fraction of sp³-hybridized carbons (Fsp3) is 0.462. The highest BCUT2D eigenvalue weighted by Gasteiger charge is 2.47. The van der Waals surface area contributed by atoms with E-state index >= 15 is 0 Å². The molecule has 0 bridgehead atoms. The predicted molar refractivity (Wildman–Crippen MR) is 69.5 cm³/mol. The Morgan fingerprint density at radius 2 is 2.00 bits per heavy atom. The normalized spacial score (nSPS) is 23.2. The summed E-state index contributed by atoms with van der Waals surface area (Å²) in [6.45, 7) is -0.240. The minimum absolute atomic E-state index is 0.171. The first-order valence-electron chi connectivity index (χ1n) is 6.29. The van der Waals surface area contributed by atoms with E-state index in [2.05, 4.69) is 0 Å². The maximum Gasteiger partial charge on any atom is 0.408 e. The Bertz CT molecular complexity index is 549. The minimum atomic E-state index is -4.56. The zero-order chi connectivity index (χ0) is 15.8. The van der Waals surface area contributed by atoms with Gasteiger partial charge in [0.15, 0.2) is 0 Å². The van der Waals surface area contributed by atoms with E-state index in [-0.39, 0.29) is 24.9 Å². The van der Waals surface area contributed by atoms with Gasteiger partial charge in [0, 0.05) is 12.6 Å². The molecule has 116 valence electrons. The van der Waals surface area contributed by atoms with Gasteiger partial charge < -0.3 is 10.6 Å². The van der Waals surface area contributed by atoms with Crippen molar-refractivity contribution in [3.63, 3.8) is 0 Å². The van der Waals surface area contributed by atoms with Crippen LogP contribution in [0.5, 0.6) is 0 Å². The summed E-state index contributed by atoms with van der Waals surface area (Å²) >= 11 is 5.67. The number of hydrogen-bond acceptors (Lipinski definition) is 2. The third-order valence-electron chi connectivity index (χ3n) is 3.44. The topological polar surface area (TPSA) is 46.3 Å². The highest BCUT2D eigenvalue weighted by Crippen LogP contribution is 2.33. The molecule has 1 amide bonds. The van der Waals surface area contributed by atoms with Crippen molar-refractivity contribution in [3.05, 3.63) is 34.6 Å². The Morgan fingerprint density at radius 1 is 1.33 bits per heavy atom. The standard InChI is InChI=1S/C13H13ClF4N2O/c14-11-8(2-1-3-9(11)15)12(21)20-6-7(19)4-5-10(20)13(16,17)18/h1-3,7,10H,4-6,19H2. The second-order valence-corrected chi connectivity index (χ2v) is 5.33. The van der Waals surface area contributed by atoms with Gasteiger partial charge in [-0.2, -0.15) is 13.2 Å². The van der Waals surface area contributed by atoms with Crippen LogP contribution in [-0.2, 0) is 0 Å². The quantitative estimate of drug-likeness (QED) is 0.807. The molecule has 1 aromatic rings. The molecule has 2 atom stereocenters. The number of carbonyl (C=O) groups excluding carboxylic acids is 1. The van der Waals surface area contributed by atoms with E-state index < -0.39 is 35.0 Å². The van der Waals surface area contributed by atoms with Crippen LogP contribution in [0.15, 0.2) is 18.2 Å². The van der Waals surface area contributed by atoms with E-state index in [4.69, 9.17) is 17.3 Å². The lowest BCUT2D eigenvalue weighted by atomic mass is 9.97. The van der Waals surface area contributed by atoms with E-state index in [1.807, 2.05) is 0 Å². The lowest BCUT2D eigenvalue weighted by Gasteiger charge is -2.39. The SMILES string of the molecule is NC1CCC(C(F)(F)F)N(C(=O)c2cccc(F)c2Cl)C1. The number of carbonyl (C=O) groups is 1. The summed E-state index contributed by atoms with van der Waals surface area (Å²) in [5.74, 6) is -1.82. The zero-order valence-corrected chi connectivity index (χ0v) is 11.6. The Kier molecular flexibility index (Phi) is 4.43. The van der Waals surface area contributed by atoms with Gasteiger partial charge in [-0.15, -0.1) is 0 Å². The van der Waals surface area contributed by atoms with E-state index in [0.29, 0.717) is 4.90 Å². The first-order valence-corrected chi connectivity index (χ1v) is 6.67. The van der Waals surface area contributed by atoms with Crippen molar-refractivity contribution in [1.29, 1.82) is 0 Å². The summed E-state index contributed by atoms with van der Waals surface area (Å²) < 4.78 is 52.5. The Hall–Kier alpha value is -1.34. The van der Waals surface area contributed by atoms with Crippen LogP contribution in [0.2, 0.25) is 5.02 Å². The lowest BCUT2D eigenvalue weighted by Crippen LogP contribution is -2.56. The lowest BCUT2D eigenvalue weighted by molar-refractivity contribution is -0.184. The van der Waals surface area contributed by atoms with Crippen molar-refractivity contribution >= 4 is 17.5 Å². The van der Waals surface area contributed by atoms with Crippen LogP contribution < -0.4 is 5.73 Å². The van der Waals surface area contributed by atoms with Crippen molar-refractivity contribution in [2.45, 2.75) is 31.1 Å². The average molecular weight is 325 g/mol. The first kappa shape index (κ1) is 16.0. The van der Waals surface area contributed by atoms with Crippen LogP contribution in [0, 0.1) is 5.82 Å². The van der Waals surface area contributed by atoms with Crippen molar-refractivity contribution < 1.29 is 22.4 Å². The van der Waals surface area contributed by atoms with Crippen LogP contribution in [-0.4, -0.2) is 35.6 Å². The number of halogens is 5. The fourth-order valence-electron chi connectivity index (χ4n) is 2.39. The molecule has 2 unspecified atom stereocenters. The number of alkyl halides is 3. The number of benzene rings is 1. The Morgan fingerprint density at radius 3 is 2.62 bits per heavy atom. The van der Waals surface area contributed by atoms with Gasteiger partial charge in [-0.05, 0) is 25.0 Å². The van der Waals surface area contributed by atoms with Gasteiger partial charge in [-0.3, -0.25) is 4.79 Å². The number of rotatable bonds is 1. The molecule has 3 nitrogen and oxygen atoms in total. The first-order chi connectivity index (χ1) is 9.71. The number of nitrogens with zero attached hydrogens (tertiary/aromatic N) is 1. The molecule has 1 heterocycles. The minimum Gasteiger partial charge on any atom is -0.326 e. The van der Waals surface area contributed by atoms with E-state index in [0.717, 1.165) is 6.07 Å². The van der Waals surface area contributed by atoms with E-state index in [9.17, 15) is 22.4 Å². The molecule has 0 spiro atoms. The zero-order valence-electron chi connectivity index (χ0n) is 10.8. The number of piperidine rings is 1. The molecule has 0 aromatic heterocycles. The molecule has 21 heavy (non-hydrogen) atoms. The van der Waals surface area contributed by atoms with Crippen LogP contribution in [0.4, 0.5) is 17.6 Å². The predicted octanol–water partition coefficient (Wildman–Crippen LogP) is 2.97. The molecule has 0 radical (unpaired) electrons. The summed E-state index contributed by atoms with van der Waals surface area (Å²) in [4.78, 5) is 12.9. The van der Waals surface area contributed by atoms with Gasteiger partial charge >= 0.3 is 6.18 Å². The monoisotopic (exact) mass is 324 g/mol. The molecule has 1 saturated heterocycles. The van der Waals surface area contributed by atoms with Crippen LogP contribution in [0.3, 0.4) is 0 Å². The maximum atomic E-state index is 13.4. The van der Waals surface area contributed by atoms with Crippen molar-refractivity contribution in [3.8, 4) is 0 Å². The number of hydrogen-bond donors (Lipinski definition) is 1. The second-order valence-electron chi connectivity index (χ2n) is 4.95. The summed E-state index contributed by atoms with van der Waals surface area (Å²) in [5.41, 5.74) is 5.35. The number of amides is 1. The van der Waals surface area contributed by atoms with Gasteiger partial charge in [0.1, 0.15) is 11.9 Å². The van der Waals surface area contributed by atoms with Gasteiger partial charge in [-0.1, -0.05) is 17.7 Å². The average Bonchev–Trinajstić information content (AvgIpc) is 2.39. The molecule has 0 aliphatic carbocycles. The third-order valence-corrected chi connectivity index (χ3v) is 3.82. The molecule has 2 rings (SSSR count). The second kappa shape index (κ2) is 5.81. The molecular weight excluding hydrogens is 312 g/mol. The summed E-state index contributed by atoms with van der Waals surface area (Å²) in [7, 11) is 0. The molecule has 8 heteroatoms. The Balaban J connectivity index is 2.36. The van der Waals surface area contributed by atoms with Gasteiger partial charge in [0.25, 0.3) is 5.91 Å². The molecule has 1 aromatic carbocycles. The van der Waals surface area contributed by atoms with Crippen molar-refractivity contribution in [2.75, 3.05) is 6.54 Å². The van der Waals surface area contributed by atoms with E-state index in [1.165, 1.54) is 12.1 Å². The molecule has 0 saturated carbocycles. The van der Waals surface area contributed by atoms with E-state index in [1.54, 1.807) is 0 Å². The smallest absolute Gasteiger partial charge is 0.326 e. The van der Waals surface area contributed by atoms with Crippen LogP contribution >= 0.6 is 11.6 Å². The van der Waals surface area contributed by atoms with Crippen LogP contribution in [0.25, 0.3) is 0 Å². The highest BCUT2D eigenvalue weighted by molar-refractivity contribution is 6.34. The fourth-order valence-corrected chi connectivity index (χ4v) is 2.59.